The quantitative estimate of drug-likeness (QED) is 0.399. The summed E-state index contributed by atoms with van der Waals surface area (Å²) in [6.07, 6.45) is 11.1. The molecule has 248 valence electrons. The maximum Gasteiger partial charge on any atom is 0.264 e. The first-order valence-electron chi connectivity index (χ1n) is 16.9. The number of ether oxygens (including phenoxy) is 2. The Labute approximate surface area is 277 Å². The van der Waals surface area contributed by atoms with E-state index in [1.807, 2.05) is 18.2 Å². The van der Waals surface area contributed by atoms with Crippen molar-refractivity contribution in [2.75, 3.05) is 31.7 Å². The number of fused-ring (bicyclic) bond motifs is 4. The molecule has 1 spiro atoms. The molecule has 2 aliphatic heterocycles. The van der Waals surface area contributed by atoms with Crippen LogP contribution >= 0.6 is 11.6 Å². The third kappa shape index (κ3) is 6.09. The molecule has 46 heavy (non-hydrogen) atoms. The number of rotatable bonds is 3. The Kier molecular flexibility index (Phi) is 8.89. The lowest BCUT2D eigenvalue weighted by atomic mass is 9.68. The second-order valence-corrected chi connectivity index (χ2v) is 16.6. The number of benzene rings is 2. The molecule has 2 fully saturated rings. The predicted molar refractivity (Wildman–Crippen MR) is 179 cm³/mol. The van der Waals surface area contributed by atoms with Crippen LogP contribution in [0.5, 0.6) is 5.75 Å². The van der Waals surface area contributed by atoms with Gasteiger partial charge in [-0.05, 0) is 104 Å². The van der Waals surface area contributed by atoms with E-state index in [9.17, 15) is 18.3 Å². The van der Waals surface area contributed by atoms with Crippen LogP contribution in [0.25, 0.3) is 0 Å². The summed E-state index contributed by atoms with van der Waals surface area (Å²) in [7, 11) is -2.56. The Balaban J connectivity index is 1.28. The first kappa shape index (κ1) is 32.0. The van der Waals surface area contributed by atoms with Gasteiger partial charge in [0.15, 0.2) is 0 Å². The molecule has 2 aromatic carbocycles. The standard InChI is InChI=1S/C36H45ClN2O6S/c1-44-33-9-3-8-31(40)28-13-10-26(28)20-39-21-36(16-4-7-24-18-27(37)12-14-29(24)36)22-45-32-15-11-25(19-30(32)39)35(41)38-46(42,43)34(33)17-23-5-2-6-23/h3,8,11-12,14-15,18-19,23,26,28,31,33-34,40H,2,4-7,9-10,13,16-17,20-22H2,1H3,(H,38,41)/b8-3-/t26-,28+,31-,33+,34-,36-/m0/s1. The summed E-state index contributed by atoms with van der Waals surface area (Å²) < 4.78 is 42.5. The first-order chi connectivity index (χ1) is 22.2. The summed E-state index contributed by atoms with van der Waals surface area (Å²) in [6, 6.07) is 11.4. The van der Waals surface area contributed by atoms with Gasteiger partial charge in [0.1, 0.15) is 11.0 Å². The summed E-state index contributed by atoms with van der Waals surface area (Å²) in [4.78, 5) is 16.0. The largest absolute Gasteiger partial charge is 0.490 e. The molecular formula is C36H45ClN2O6S. The summed E-state index contributed by atoms with van der Waals surface area (Å²) in [5.74, 6) is 0.666. The van der Waals surface area contributed by atoms with Gasteiger partial charge in [0.05, 0.1) is 24.5 Å². The van der Waals surface area contributed by atoms with Crippen LogP contribution in [0.1, 0.15) is 79.3 Å². The van der Waals surface area contributed by atoms with Crippen molar-refractivity contribution in [2.24, 2.45) is 17.8 Å². The fraction of sp³-hybridized carbons (Fsp3) is 0.583. The molecule has 6 atom stereocenters. The molecule has 1 amide bonds. The van der Waals surface area contributed by atoms with Gasteiger partial charge < -0.3 is 19.5 Å². The predicted octanol–water partition coefficient (Wildman–Crippen LogP) is 5.79. The summed E-state index contributed by atoms with van der Waals surface area (Å²) >= 11 is 6.41. The van der Waals surface area contributed by atoms with Crippen LogP contribution in [0.15, 0.2) is 48.6 Å². The minimum Gasteiger partial charge on any atom is -0.490 e. The van der Waals surface area contributed by atoms with Crippen molar-refractivity contribution < 1.29 is 27.8 Å². The molecule has 7 rings (SSSR count). The molecule has 0 radical (unpaired) electrons. The van der Waals surface area contributed by atoms with Crippen LogP contribution in [-0.2, 0) is 26.6 Å². The van der Waals surface area contributed by atoms with E-state index in [4.69, 9.17) is 21.1 Å². The second-order valence-electron chi connectivity index (χ2n) is 14.3. The number of aliphatic hydroxyl groups excluding tert-OH is 1. The van der Waals surface area contributed by atoms with Crippen LogP contribution in [0.2, 0.25) is 5.02 Å². The van der Waals surface area contributed by atoms with Crippen molar-refractivity contribution in [1.82, 2.24) is 4.72 Å². The van der Waals surface area contributed by atoms with Crippen LogP contribution in [0.3, 0.4) is 0 Å². The van der Waals surface area contributed by atoms with E-state index < -0.39 is 33.4 Å². The Bertz CT molecular complexity index is 1610. The SMILES string of the molecule is CO[C@@H]1C/C=C\[C@H](O)[C@@H]2CC[C@H]2CN2C[C@@]3(CCCc4cc(Cl)ccc43)COc3ccc(cc32)C(=O)NS(=O)(=O)[C@H]1CC1CCC1. The average Bonchev–Trinajstić information content (AvgIpc) is 3.13. The molecule has 0 aromatic heterocycles. The first-order valence-corrected chi connectivity index (χ1v) is 18.8. The maximum atomic E-state index is 13.9. The molecule has 8 nitrogen and oxygen atoms in total. The molecule has 3 aliphatic carbocycles. The highest BCUT2D eigenvalue weighted by Gasteiger charge is 2.45. The number of aliphatic hydroxyl groups is 1. The van der Waals surface area contributed by atoms with Crippen LogP contribution in [-0.4, -0.2) is 63.7 Å². The molecule has 10 heteroatoms. The third-order valence-corrected chi connectivity index (χ3v) is 13.5. The number of aryl methyl sites for hydroxylation is 1. The van der Waals surface area contributed by atoms with Gasteiger partial charge in [0.25, 0.3) is 5.91 Å². The van der Waals surface area contributed by atoms with Crippen molar-refractivity contribution in [1.29, 1.82) is 0 Å². The molecular weight excluding hydrogens is 624 g/mol. The minimum absolute atomic E-state index is 0.0900. The highest BCUT2D eigenvalue weighted by molar-refractivity contribution is 7.90. The normalized spacial score (nSPS) is 33.3. The Morgan fingerprint density at radius 3 is 2.72 bits per heavy atom. The van der Waals surface area contributed by atoms with E-state index in [0.29, 0.717) is 38.3 Å². The average molecular weight is 669 g/mol. The van der Waals surface area contributed by atoms with Crippen molar-refractivity contribution in [3.8, 4) is 5.75 Å². The molecule has 2 bridgehead atoms. The topological polar surface area (TPSA) is 105 Å². The van der Waals surface area contributed by atoms with E-state index in [0.717, 1.165) is 62.1 Å². The lowest BCUT2D eigenvalue weighted by molar-refractivity contribution is 0.0450. The summed E-state index contributed by atoms with van der Waals surface area (Å²) in [6.45, 7) is 1.88. The monoisotopic (exact) mass is 668 g/mol. The van der Waals surface area contributed by atoms with Gasteiger partial charge in [-0.3, -0.25) is 4.79 Å². The fourth-order valence-electron chi connectivity index (χ4n) is 8.50. The van der Waals surface area contributed by atoms with Crippen LogP contribution in [0, 0.1) is 17.8 Å². The number of anilines is 1. The molecule has 0 saturated heterocycles. The molecule has 2 heterocycles. The molecule has 2 saturated carbocycles. The number of halogens is 1. The Morgan fingerprint density at radius 1 is 1.13 bits per heavy atom. The van der Waals surface area contributed by atoms with Crippen molar-refractivity contribution in [3.63, 3.8) is 0 Å². The number of hydrogen-bond acceptors (Lipinski definition) is 7. The van der Waals surface area contributed by atoms with Crippen molar-refractivity contribution in [2.45, 2.75) is 87.1 Å². The Hall–Kier alpha value is -2.59. The second kappa shape index (κ2) is 12.8. The van der Waals surface area contributed by atoms with E-state index in [-0.39, 0.29) is 28.7 Å². The Morgan fingerprint density at radius 2 is 1.98 bits per heavy atom. The highest BCUT2D eigenvalue weighted by atomic mass is 35.5. The third-order valence-electron chi connectivity index (χ3n) is 11.5. The van der Waals surface area contributed by atoms with Gasteiger partial charge in [-0.15, -0.1) is 0 Å². The van der Waals surface area contributed by atoms with Gasteiger partial charge in [-0.25, -0.2) is 13.1 Å². The zero-order valence-corrected chi connectivity index (χ0v) is 28.1. The number of amides is 1. The van der Waals surface area contributed by atoms with Gasteiger partial charge in [0, 0.05) is 36.2 Å². The molecule has 0 unspecified atom stereocenters. The number of hydrogen-bond donors (Lipinski definition) is 2. The lowest BCUT2D eigenvalue weighted by Crippen LogP contribution is -2.49. The fourth-order valence-corrected chi connectivity index (χ4v) is 10.4. The smallest absolute Gasteiger partial charge is 0.264 e. The van der Waals surface area contributed by atoms with Crippen LogP contribution in [0.4, 0.5) is 5.69 Å². The maximum absolute atomic E-state index is 13.9. The van der Waals surface area contributed by atoms with Gasteiger partial charge >= 0.3 is 0 Å². The molecule has 5 aliphatic rings. The number of methoxy groups -OCH3 is 1. The summed E-state index contributed by atoms with van der Waals surface area (Å²) in [5, 5.41) is 11.2. The number of sulfonamides is 1. The van der Waals surface area contributed by atoms with Gasteiger partial charge in [-0.2, -0.15) is 0 Å². The minimum atomic E-state index is -4.08. The lowest BCUT2D eigenvalue weighted by Gasteiger charge is -2.45. The van der Waals surface area contributed by atoms with E-state index >= 15 is 0 Å². The zero-order valence-electron chi connectivity index (χ0n) is 26.5. The summed E-state index contributed by atoms with van der Waals surface area (Å²) in [5.41, 5.74) is 3.29. The van der Waals surface area contributed by atoms with Gasteiger partial charge in [0.2, 0.25) is 10.0 Å². The van der Waals surface area contributed by atoms with E-state index in [1.54, 1.807) is 18.2 Å². The molecule has 2 aromatic rings. The number of nitrogens with one attached hydrogen (secondary N) is 1. The van der Waals surface area contributed by atoms with Crippen LogP contribution < -0.4 is 14.4 Å². The number of carbonyl (C=O) groups is 1. The van der Waals surface area contributed by atoms with Crippen molar-refractivity contribution >= 4 is 33.2 Å². The zero-order chi connectivity index (χ0) is 32.1. The highest BCUT2D eigenvalue weighted by Crippen LogP contribution is 2.47. The van der Waals surface area contributed by atoms with Crippen molar-refractivity contribution in [3.05, 3.63) is 70.3 Å². The van der Waals surface area contributed by atoms with E-state index in [2.05, 4.69) is 21.8 Å². The van der Waals surface area contributed by atoms with Gasteiger partial charge in [-0.1, -0.05) is 49.1 Å². The van der Waals surface area contributed by atoms with E-state index in [1.165, 1.54) is 18.2 Å². The molecule has 2 N–H and O–H groups in total. The number of carbonyl (C=O) groups excluding carboxylic acids is 1. The number of nitrogens with zero attached hydrogens (tertiary/aromatic N) is 1.